The molecule has 2 aliphatic carbocycles. The Morgan fingerprint density at radius 2 is 2.00 bits per heavy atom. The third kappa shape index (κ3) is 2.36. The van der Waals surface area contributed by atoms with Gasteiger partial charge in [0.1, 0.15) is 0 Å². The number of fused-ring (bicyclic) bond motifs is 1. The predicted molar refractivity (Wildman–Crippen MR) is 73.2 cm³/mol. The van der Waals surface area contributed by atoms with E-state index in [1.807, 2.05) is 0 Å². The smallest absolute Gasteiger partial charge is 0.0637 e. The zero-order valence-corrected chi connectivity index (χ0v) is 12.0. The molecule has 1 fully saturated rings. The number of aliphatic hydroxyl groups is 2. The third-order valence-electron chi connectivity index (χ3n) is 4.91. The van der Waals surface area contributed by atoms with Crippen molar-refractivity contribution in [3.8, 4) is 0 Å². The van der Waals surface area contributed by atoms with E-state index in [1.54, 1.807) is 0 Å². The lowest BCUT2D eigenvalue weighted by atomic mass is 9.77. The Hall–Kier alpha value is -0.380. The third-order valence-corrected chi connectivity index (χ3v) is 4.91. The number of rotatable bonds is 3. The molecule has 0 amide bonds. The van der Waals surface area contributed by atoms with Gasteiger partial charge in [-0.15, -0.1) is 0 Å². The average molecular weight is 256 g/mol. The summed E-state index contributed by atoms with van der Waals surface area (Å²) in [4.78, 5) is 0. The van der Waals surface area contributed by atoms with Gasteiger partial charge in [-0.3, -0.25) is 0 Å². The summed E-state index contributed by atoms with van der Waals surface area (Å²) < 4.78 is 0. The number of aliphatic hydroxyl groups excluding tert-OH is 2. The van der Waals surface area contributed by atoms with E-state index in [0.29, 0.717) is 11.8 Å². The highest BCUT2D eigenvalue weighted by Crippen LogP contribution is 2.60. The maximum absolute atomic E-state index is 10.4. The number of hydrogen-bond acceptors (Lipinski definition) is 2. The first-order chi connectivity index (χ1) is 7.80. The zero-order chi connectivity index (χ0) is 12.8. The van der Waals surface area contributed by atoms with Crippen molar-refractivity contribution < 1.29 is 15.7 Å². The fraction of sp³-hybridized carbons (Fsp3) is 0.867. The van der Waals surface area contributed by atoms with Gasteiger partial charge >= 0.3 is 0 Å². The standard InChI is InChI=1S/C15H26O2.H2O/c1-10(5-6-16)11-7-13(17)15(4)9-14(2,3)8-12(11)15;/h8,10-11,13,16-17H,5-7,9H2,1-4H3;1H2/t10-,11+,13+,15+;/m1./s1. The zero-order valence-electron chi connectivity index (χ0n) is 12.0. The van der Waals surface area contributed by atoms with Crippen LogP contribution in [0.3, 0.4) is 0 Å². The summed E-state index contributed by atoms with van der Waals surface area (Å²) >= 11 is 0. The summed E-state index contributed by atoms with van der Waals surface area (Å²) in [7, 11) is 0. The van der Waals surface area contributed by atoms with Crippen LogP contribution < -0.4 is 0 Å². The first-order valence-corrected chi connectivity index (χ1v) is 6.82. The molecule has 106 valence electrons. The van der Waals surface area contributed by atoms with Crippen LogP contribution in [0, 0.1) is 22.7 Å². The molecule has 18 heavy (non-hydrogen) atoms. The second-order valence-corrected chi connectivity index (χ2v) is 7.03. The molecular weight excluding hydrogens is 228 g/mol. The molecule has 3 nitrogen and oxygen atoms in total. The molecule has 0 aromatic carbocycles. The van der Waals surface area contributed by atoms with Gasteiger partial charge in [-0.25, -0.2) is 0 Å². The number of hydrogen-bond donors (Lipinski definition) is 2. The van der Waals surface area contributed by atoms with E-state index in [-0.39, 0.29) is 29.0 Å². The lowest BCUT2D eigenvalue weighted by Crippen LogP contribution is -2.28. The predicted octanol–water partition coefficient (Wildman–Crippen LogP) is 1.92. The minimum Gasteiger partial charge on any atom is -0.412 e. The molecule has 1 saturated carbocycles. The van der Waals surface area contributed by atoms with E-state index in [2.05, 4.69) is 33.8 Å². The Balaban J connectivity index is 0.00000162. The summed E-state index contributed by atoms with van der Waals surface area (Å²) in [5.74, 6) is 0.931. The van der Waals surface area contributed by atoms with Crippen molar-refractivity contribution in [1.82, 2.24) is 0 Å². The first-order valence-electron chi connectivity index (χ1n) is 6.82. The fourth-order valence-electron chi connectivity index (χ4n) is 4.10. The van der Waals surface area contributed by atoms with Crippen molar-refractivity contribution in [2.45, 2.75) is 53.1 Å². The van der Waals surface area contributed by atoms with Crippen molar-refractivity contribution >= 4 is 0 Å². The molecular formula is C15H28O3. The van der Waals surface area contributed by atoms with Gasteiger partial charge in [0, 0.05) is 12.0 Å². The molecule has 2 rings (SSSR count). The van der Waals surface area contributed by atoms with E-state index < -0.39 is 0 Å². The van der Waals surface area contributed by atoms with Crippen LogP contribution in [0.4, 0.5) is 0 Å². The highest BCUT2D eigenvalue weighted by atomic mass is 16.3. The molecule has 4 atom stereocenters. The van der Waals surface area contributed by atoms with E-state index in [9.17, 15) is 5.11 Å². The van der Waals surface area contributed by atoms with Crippen molar-refractivity contribution in [2.75, 3.05) is 6.61 Å². The van der Waals surface area contributed by atoms with Crippen LogP contribution in [0.5, 0.6) is 0 Å². The van der Waals surface area contributed by atoms with Crippen LogP contribution in [-0.2, 0) is 0 Å². The fourth-order valence-corrected chi connectivity index (χ4v) is 4.10. The molecule has 0 spiro atoms. The van der Waals surface area contributed by atoms with Gasteiger partial charge in [0.25, 0.3) is 0 Å². The van der Waals surface area contributed by atoms with Crippen molar-refractivity contribution in [2.24, 2.45) is 22.7 Å². The average Bonchev–Trinajstić information content (AvgIpc) is 2.57. The van der Waals surface area contributed by atoms with E-state index >= 15 is 0 Å². The summed E-state index contributed by atoms with van der Waals surface area (Å²) in [6, 6.07) is 0. The van der Waals surface area contributed by atoms with Gasteiger partial charge in [-0.1, -0.05) is 39.3 Å². The summed E-state index contributed by atoms with van der Waals surface area (Å²) in [5, 5.41) is 19.5. The van der Waals surface area contributed by atoms with Crippen LogP contribution in [0.25, 0.3) is 0 Å². The molecule has 0 radical (unpaired) electrons. The Morgan fingerprint density at radius 1 is 1.39 bits per heavy atom. The molecule has 0 bridgehead atoms. The molecule has 0 saturated heterocycles. The van der Waals surface area contributed by atoms with Crippen molar-refractivity contribution in [1.29, 1.82) is 0 Å². The maximum atomic E-state index is 10.4. The lowest BCUT2D eigenvalue weighted by Gasteiger charge is -2.29. The molecule has 0 heterocycles. The van der Waals surface area contributed by atoms with Crippen LogP contribution in [0.1, 0.15) is 47.0 Å². The van der Waals surface area contributed by atoms with Gasteiger partial charge in [0.15, 0.2) is 0 Å². The van der Waals surface area contributed by atoms with Crippen molar-refractivity contribution in [3.63, 3.8) is 0 Å². The molecule has 0 unspecified atom stereocenters. The van der Waals surface area contributed by atoms with Gasteiger partial charge in [0.2, 0.25) is 0 Å². The summed E-state index contributed by atoms with van der Waals surface area (Å²) in [5.41, 5.74) is 1.65. The van der Waals surface area contributed by atoms with Gasteiger partial charge in [0.05, 0.1) is 6.10 Å². The Kier molecular flexibility index (Phi) is 4.31. The highest BCUT2D eigenvalue weighted by molar-refractivity contribution is 5.33. The Labute approximate surface area is 110 Å². The second kappa shape index (κ2) is 4.95. The SMILES string of the molecule is C[C@H](CCO)[C@@H]1C[C@H](O)[C@@]2(C)CC(C)(C)C=C12.O. The van der Waals surface area contributed by atoms with E-state index in [0.717, 1.165) is 19.3 Å². The van der Waals surface area contributed by atoms with Crippen LogP contribution >= 0.6 is 0 Å². The van der Waals surface area contributed by atoms with Crippen molar-refractivity contribution in [3.05, 3.63) is 11.6 Å². The minimum atomic E-state index is -0.207. The molecule has 3 heteroatoms. The van der Waals surface area contributed by atoms with Crippen LogP contribution in [0.2, 0.25) is 0 Å². The van der Waals surface area contributed by atoms with Gasteiger partial charge in [-0.05, 0) is 36.5 Å². The Morgan fingerprint density at radius 3 is 2.56 bits per heavy atom. The molecule has 4 N–H and O–H groups in total. The molecule has 0 aromatic heterocycles. The van der Waals surface area contributed by atoms with Crippen LogP contribution in [-0.4, -0.2) is 28.4 Å². The molecule has 2 aliphatic rings. The van der Waals surface area contributed by atoms with Gasteiger partial charge in [-0.2, -0.15) is 0 Å². The summed E-state index contributed by atoms with van der Waals surface area (Å²) in [6.07, 6.45) is 4.95. The minimum absolute atomic E-state index is 0. The topological polar surface area (TPSA) is 72.0 Å². The first kappa shape index (κ1) is 15.7. The number of allylic oxidation sites excluding steroid dienone is 1. The molecule has 0 aliphatic heterocycles. The van der Waals surface area contributed by atoms with E-state index in [1.165, 1.54) is 5.57 Å². The van der Waals surface area contributed by atoms with E-state index in [4.69, 9.17) is 5.11 Å². The largest absolute Gasteiger partial charge is 0.412 e. The van der Waals surface area contributed by atoms with Gasteiger partial charge < -0.3 is 15.7 Å². The monoisotopic (exact) mass is 256 g/mol. The normalized spacial score (nSPS) is 38.9. The Bertz CT molecular complexity index is 335. The highest BCUT2D eigenvalue weighted by Gasteiger charge is 2.54. The van der Waals surface area contributed by atoms with Crippen LogP contribution in [0.15, 0.2) is 11.6 Å². The second-order valence-electron chi connectivity index (χ2n) is 7.03. The summed E-state index contributed by atoms with van der Waals surface area (Å²) in [6.45, 7) is 9.17. The maximum Gasteiger partial charge on any atom is 0.0637 e. The molecule has 0 aromatic rings. The lowest BCUT2D eigenvalue weighted by molar-refractivity contribution is 0.0657. The quantitative estimate of drug-likeness (QED) is 0.757.